The fourth-order valence-corrected chi connectivity index (χ4v) is 3.34. The van der Waals surface area contributed by atoms with Gasteiger partial charge in [0, 0.05) is 27.7 Å². The van der Waals surface area contributed by atoms with Gasteiger partial charge in [-0.25, -0.2) is 0 Å². The number of nitro benzene ring substituents is 1. The maximum absolute atomic E-state index is 12.3. The monoisotopic (exact) mass is 384 g/mol. The Morgan fingerprint density at radius 1 is 1.12 bits per heavy atom. The fourth-order valence-electron chi connectivity index (χ4n) is 2.61. The van der Waals surface area contributed by atoms with Crippen molar-refractivity contribution in [1.82, 2.24) is 0 Å². The molecule has 124 valence electrons. The van der Waals surface area contributed by atoms with Crippen molar-refractivity contribution in [3.05, 3.63) is 67.1 Å². The van der Waals surface area contributed by atoms with Gasteiger partial charge in [-0.05, 0) is 48.2 Å². The molecular formula is C16H11Cl3N2O3. The highest BCUT2D eigenvalue weighted by Crippen LogP contribution is 2.49. The summed E-state index contributed by atoms with van der Waals surface area (Å²) in [6.07, 6.45) is 0.679. The molecule has 1 aliphatic carbocycles. The molecule has 0 unspecified atom stereocenters. The molecule has 0 aromatic heterocycles. The number of halogens is 3. The standard InChI is InChI=1S/C16H11Cl3N2O3/c17-9-3-8(4-10(18)5-9)12-7-13(12)16(22)20-11-1-2-14(19)15(6-11)21(23)24/h1-6,12-13H,7H2,(H,20,22)/t12-,13-/m1/s1. The van der Waals surface area contributed by atoms with E-state index in [4.69, 9.17) is 34.8 Å². The summed E-state index contributed by atoms with van der Waals surface area (Å²) >= 11 is 17.7. The van der Waals surface area contributed by atoms with E-state index in [1.165, 1.54) is 18.2 Å². The molecule has 3 rings (SSSR count). The molecule has 1 fully saturated rings. The van der Waals surface area contributed by atoms with Crippen molar-refractivity contribution in [1.29, 1.82) is 0 Å². The van der Waals surface area contributed by atoms with Crippen LogP contribution in [0.4, 0.5) is 11.4 Å². The summed E-state index contributed by atoms with van der Waals surface area (Å²) < 4.78 is 0. The van der Waals surface area contributed by atoms with Crippen molar-refractivity contribution in [2.75, 3.05) is 5.32 Å². The Labute approximate surface area is 152 Å². The minimum Gasteiger partial charge on any atom is -0.326 e. The number of nitrogens with zero attached hydrogens (tertiary/aromatic N) is 1. The predicted molar refractivity (Wildman–Crippen MR) is 94.0 cm³/mol. The Morgan fingerprint density at radius 3 is 2.42 bits per heavy atom. The van der Waals surface area contributed by atoms with Crippen molar-refractivity contribution >= 4 is 52.1 Å². The molecule has 2 aromatic carbocycles. The molecule has 5 nitrogen and oxygen atoms in total. The minimum absolute atomic E-state index is 0.0240. The quantitative estimate of drug-likeness (QED) is 0.573. The smallest absolute Gasteiger partial charge is 0.289 e. The van der Waals surface area contributed by atoms with Gasteiger partial charge in [0.05, 0.1) is 4.92 Å². The molecule has 0 radical (unpaired) electrons. The second kappa shape index (κ2) is 6.59. The van der Waals surface area contributed by atoms with E-state index in [2.05, 4.69) is 5.32 Å². The lowest BCUT2D eigenvalue weighted by Gasteiger charge is -2.06. The zero-order valence-corrected chi connectivity index (χ0v) is 14.4. The Morgan fingerprint density at radius 2 is 1.79 bits per heavy atom. The number of carbonyl (C=O) groups is 1. The molecule has 0 spiro atoms. The third-order valence-corrected chi connectivity index (χ3v) is 4.61. The van der Waals surface area contributed by atoms with Gasteiger partial charge in [-0.1, -0.05) is 34.8 Å². The molecule has 2 atom stereocenters. The van der Waals surface area contributed by atoms with Gasteiger partial charge in [-0.3, -0.25) is 14.9 Å². The first-order valence-electron chi connectivity index (χ1n) is 7.06. The van der Waals surface area contributed by atoms with Crippen molar-refractivity contribution in [2.24, 2.45) is 5.92 Å². The first-order chi connectivity index (χ1) is 11.3. The summed E-state index contributed by atoms with van der Waals surface area (Å²) in [6, 6.07) is 9.37. The summed E-state index contributed by atoms with van der Waals surface area (Å²) in [5, 5.41) is 14.7. The van der Waals surface area contributed by atoms with Gasteiger partial charge < -0.3 is 5.32 Å². The van der Waals surface area contributed by atoms with E-state index >= 15 is 0 Å². The van der Waals surface area contributed by atoms with E-state index in [9.17, 15) is 14.9 Å². The zero-order valence-electron chi connectivity index (χ0n) is 12.1. The molecule has 24 heavy (non-hydrogen) atoms. The molecule has 1 aliphatic rings. The third kappa shape index (κ3) is 3.64. The Kier molecular flexibility index (Phi) is 4.67. The van der Waals surface area contributed by atoms with Crippen molar-refractivity contribution in [2.45, 2.75) is 12.3 Å². The summed E-state index contributed by atoms with van der Waals surface area (Å²) in [6.45, 7) is 0. The Balaban J connectivity index is 1.71. The second-order valence-corrected chi connectivity index (χ2v) is 6.84. The Hall–Kier alpha value is -1.82. The highest BCUT2D eigenvalue weighted by molar-refractivity contribution is 6.34. The van der Waals surface area contributed by atoms with Gasteiger partial charge in [0.1, 0.15) is 5.02 Å². The van der Waals surface area contributed by atoms with Crippen LogP contribution in [0.15, 0.2) is 36.4 Å². The van der Waals surface area contributed by atoms with E-state index in [1.807, 2.05) is 0 Å². The molecule has 0 heterocycles. The average molecular weight is 386 g/mol. The van der Waals surface area contributed by atoms with Gasteiger partial charge in [-0.15, -0.1) is 0 Å². The SMILES string of the molecule is O=C(Nc1ccc(Cl)c([N+](=O)[O-])c1)[C@@H]1C[C@@H]1c1cc(Cl)cc(Cl)c1. The molecular weight excluding hydrogens is 375 g/mol. The van der Waals surface area contributed by atoms with Gasteiger partial charge >= 0.3 is 0 Å². The molecule has 0 saturated heterocycles. The predicted octanol–water partition coefficient (Wildman–Crippen LogP) is 5.30. The van der Waals surface area contributed by atoms with Crippen LogP contribution in [0.3, 0.4) is 0 Å². The molecule has 0 bridgehead atoms. The van der Waals surface area contributed by atoms with Crippen LogP contribution in [0.25, 0.3) is 0 Å². The molecule has 1 N–H and O–H groups in total. The number of anilines is 1. The van der Waals surface area contributed by atoms with Crippen LogP contribution in [0.1, 0.15) is 17.9 Å². The van der Waals surface area contributed by atoms with Crippen LogP contribution in [0.2, 0.25) is 15.1 Å². The maximum Gasteiger partial charge on any atom is 0.289 e. The number of nitro groups is 1. The second-order valence-electron chi connectivity index (χ2n) is 5.56. The van der Waals surface area contributed by atoms with Gasteiger partial charge in [0.25, 0.3) is 5.69 Å². The number of hydrogen-bond donors (Lipinski definition) is 1. The molecule has 2 aromatic rings. The number of carbonyl (C=O) groups excluding carboxylic acids is 1. The van der Waals surface area contributed by atoms with Gasteiger partial charge in [-0.2, -0.15) is 0 Å². The lowest BCUT2D eigenvalue weighted by atomic mass is 10.1. The first kappa shape index (κ1) is 17.0. The largest absolute Gasteiger partial charge is 0.326 e. The molecule has 1 saturated carbocycles. The number of benzene rings is 2. The van der Waals surface area contributed by atoms with Crippen LogP contribution < -0.4 is 5.32 Å². The van der Waals surface area contributed by atoms with E-state index in [0.29, 0.717) is 22.2 Å². The first-order valence-corrected chi connectivity index (χ1v) is 8.19. The number of nitrogens with one attached hydrogen (secondary N) is 1. The Bertz CT molecular complexity index is 821. The average Bonchev–Trinajstić information content (AvgIpc) is 3.28. The van der Waals surface area contributed by atoms with Crippen molar-refractivity contribution in [3.63, 3.8) is 0 Å². The normalized spacial score (nSPS) is 19.0. The molecule has 0 aliphatic heterocycles. The van der Waals surface area contributed by atoms with Gasteiger partial charge in [0.15, 0.2) is 0 Å². The maximum atomic E-state index is 12.3. The highest BCUT2D eigenvalue weighted by atomic mass is 35.5. The van der Waals surface area contributed by atoms with E-state index < -0.39 is 4.92 Å². The highest BCUT2D eigenvalue weighted by Gasteiger charge is 2.44. The number of hydrogen-bond acceptors (Lipinski definition) is 3. The number of amides is 1. The minimum atomic E-state index is -0.591. The third-order valence-electron chi connectivity index (χ3n) is 3.85. The summed E-state index contributed by atoms with van der Waals surface area (Å²) in [7, 11) is 0. The molecule has 1 amide bonds. The van der Waals surface area contributed by atoms with E-state index in [1.54, 1.807) is 18.2 Å². The molecule has 8 heteroatoms. The van der Waals surface area contributed by atoms with Crippen LogP contribution in [-0.2, 0) is 4.79 Å². The number of rotatable bonds is 4. The van der Waals surface area contributed by atoms with Crippen molar-refractivity contribution < 1.29 is 9.72 Å². The summed E-state index contributed by atoms with van der Waals surface area (Å²) in [4.78, 5) is 22.6. The lowest BCUT2D eigenvalue weighted by Crippen LogP contribution is -2.14. The summed E-state index contributed by atoms with van der Waals surface area (Å²) in [5.74, 6) is -0.370. The topological polar surface area (TPSA) is 72.2 Å². The van der Waals surface area contributed by atoms with Crippen molar-refractivity contribution in [3.8, 4) is 0 Å². The van der Waals surface area contributed by atoms with Gasteiger partial charge in [0.2, 0.25) is 5.91 Å². The fraction of sp³-hybridized carbons (Fsp3) is 0.188. The van der Waals surface area contributed by atoms with Crippen LogP contribution >= 0.6 is 34.8 Å². The van der Waals surface area contributed by atoms with E-state index in [-0.39, 0.29) is 28.5 Å². The van der Waals surface area contributed by atoms with Crippen LogP contribution in [0.5, 0.6) is 0 Å². The van der Waals surface area contributed by atoms with Crippen LogP contribution in [0, 0.1) is 16.0 Å². The summed E-state index contributed by atoms with van der Waals surface area (Å²) in [5.41, 5.74) is 1.00. The van der Waals surface area contributed by atoms with E-state index in [0.717, 1.165) is 5.56 Å². The zero-order chi connectivity index (χ0) is 17.4. The lowest BCUT2D eigenvalue weighted by molar-refractivity contribution is -0.384. The van der Waals surface area contributed by atoms with Crippen LogP contribution in [-0.4, -0.2) is 10.8 Å².